The van der Waals surface area contributed by atoms with Crippen LogP contribution in [0, 0.1) is 0 Å². The van der Waals surface area contributed by atoms with Crippen LogP contribution in [0.25, 0.3) is 0 Å². The number of amides is 1. The van der Waals surface area contributed by atoms with E-state index in [2.05, 4.69) is 17.3 Å². The van der Waals surface area contributed by atoms with Crippen LogP contribution in [0.15, 0.2) is 24.3 Å². The first-order valence-corrected chi connectivity index (χ1v) is 6.94. The first-order valence-electron chi connectivity index (χ1n) is 6.53. The average molecular weight is 293 g/mol. The Balaban J connectivity index is 1.91. The summed E-state index contributed by atoms with van der Waals surface area (Å²) in [5.74, 6) is 0.527. The van der Waals surface area contributed by atoms with Crippen LogP contribution in [0.1, 0.15) is 0 Å². The molecule has 0 radical (unpaired) electrons. The van der Waals surface area contributed by atoms with E-state index < -0.39 is 0 Å². The number of anilines is 1. The fourth-order valence-corrected chi connectivity index (χ4v) is 2.25. The highest BCUT2D eigenvalue weighted by Crippen LogP contribution is 2.15. The Morgan fingerprint density at radius 3 is 2.35 bits per heavy atom. The number of carbonyl (C=O) groups excluding carboxylic acids is 1. The number of benzene rings is 1. The number of rotatable bonds is 2. The summed E-state index contributed by atoms with van der Waals surface area (Å²) in [6, 6.07) is 7.19. The third kappa shape index (κ3) is 3.68. The maximum absolute atomic E-state index is 12.1. The Labute approximate surface area is 124 Å². The SMILES string of the molecule is COc1ccc(NC(=O)C(=S)N2CCN(C)CC2)cc1. The van der Waals surface area contributed by atoms with Gasteiger partial charge in [-0.2, -0.15) is 0 Å². The first kappa shape index (κ1) is 14.7. The minimum atomic E-state index is -0.227. The molecule has 6 heteroatoms. The minimum absolute atomic E-state index is 0.227. The molecule has 0 bridgehead atoms. The van der Waals surface area contributed by atoms with Gasteiger partial charge >= 0.3 is 0 Å². The van der Waals surface area contributed by atoms with E-state index in [1.165, 1.54) is 0 Å². The number of likely N-dealkylation sites (N-methyl/N-ethyl adjacent to an activating group) is 1. The molecule has 1 fully saturated rings. The van der Waals surface area contributed by atoms with Crippen LogP contribution in [0.3, 0.4) is 0 Å². The van der Waals surface area contributed by atoms with E-state index in [1.54, 1.807) is 31.4 Å². The van der Waals surface area contributed by atoms with Crippen molar-refractivity contribution < 1.29 is 9.53 Å². The number of carbonyl (C=O) groups is 1. The van der Waals surface area contributed by atoms with Crippen molar-refractivity contribution in [2.45, 2.75) is 0 Å². The third-order valence-corrected chi connectivity index (χ3v) is 3.78. The van der Waals surface area contributed by atoms with Crippen molar-refractivity contribution in [3.63, 3.8) is 0 Å². The van der Waals surface area contributed by atoms with Crippen LogP contribution in [0.2, 0.25) is 0 Å². The zero-order valence-corrected chi connectivity index (χ0v) is 12.6. The molecule has 1 aromatic carbocycles. The summed E-state index contributed by atoms with van der Waals surface area (Å²) in [6.07, 6.45) is 0. The second-order valence-electron chi connectivity index (χ2n) is 4.78. The molecular formula is C14H19N3O2S. The third-order valence-electron chi connectivity index (χ3n) is 3.33. The van der Waals surface area contributed by atoms with E-state index in [9.17, 15) is 4.79 Å². The Bertz CT molecular complexity index is 482. The summed E-state index contributed by atoms with van der Waals surface area (Å²) >= 11 is 5.25. The predicted octanol–water partition coefficient (Wildman–Crippen LogP) is 1.21. The fourth-order valence-electron chi connectivity index (χ4n) is 2.01. The number of nitrogens with zero attached hydrogens (tertiary/aromatic N) is 2. The van der Waals surface area contributed by atoms with Gasteiger partial charge in [-0.05, 0) is 31.3 Å². The van der Waals surface area contributed by atoms with Gasteiger partial charge in [-0.25, -0.2) is 0 Å². The average Bonchev–Trinajstić information content (AvgIpc) is 2.48. The highest BCUT2D eigenvalue weighted by molar-refractivity contribution is 7.82. The van der Waals surface area contributed by atoms with Crippen molar-refractivity contribution in [1.82, 2.24) is 9.80 Å². The highest BCUT2D eigenvalue weighted by atomic mass is 32.1. The van der Waals surface area contributed by atoms with Crippen LogP contribution in [-0.2, 0) is 4.79 Å². The second-order valence-corrected chi connectivity index (χ2v) is 5.16. The lowest BCUT2D eigenvalue weighted by atomic mass is 10.3. The molecule has 0 spiro atoms. The topological polar surface area (TPSA) is 44.8 Å². The molecule has 108 valence electrons. The summed E-state index contributed by atoms with van der Waals surface area (Å²) in [5.41, 5.74) is 0.715. The Kier molecular flexibility index (Phi) is 4.92. The van der Waals surface area contributed by atoms with Gasteiger partial charge in [0.25, 0.3) is 5.91 Å². The number of hydrogen-bond acceptors (Lipinski definition) is 4. The Morgan fingerprint density at radius 2 is 1.80 bits per heavy atom. The zero-order chi connectivity index (χ0) is 14.5. The lowest BCUT2D eigenvalue weighted by Gasteiger charge is -2.33. The van der Waals surface area contributed by atoms with E-state index in [-0.39, 0.29) is 5.91 Å². The van der Waals surface area contributed by atoms with E-state index in [0.29, 0.717) is 10.7 Å². The molecule has 0 saturated carbocycles. The van der Waals surface area contributed by atoms with Gasteiger partial charge in [0.2, 0.25) is 0 Å². The summed E-state index contributed by atoms with van der Waals surface area (Å²) < 4.78 is 5.08. The molecule has 1 N–H and O–H groups in total. The van der Waals surface area contributed by atoms with Gasteiger partial charge in [0.15, 0.2) is 4.99 Å². The molecule has 1 aromatic rings. The van der Waals surface area contributed by atoms with Gasteiger partial charge in [0.1, 0.15) is 5.75 Å². The lowest BCUT2D eigenvalue weighted by molar-refractivity contribution is -0.110. The van der Waals surface area contributed by atoms with Crippen molar-refractivity contribution in [1.29, 1.82) is 0 Å². The van der Waals surface area contributed by atoms with Crippen LogP contribution < -0.4 is 10.1 Å². The molecular weight excluding hydrogens is 274 g/mol. The van der Waals surface area contributed by atoms with Crippen molar-refractivity contribution in [3.8, 4) is 5.75 Å². The van der Waals surface area contributed by atoms with E-state index in [1.807, 2.05) is 4.90 Å². The summed E-state index contributed by atoms with van der Waals surface area (Å²) in [5, 5.41) is 2.81. The van der Waals surface area contributed by atoms with Gasteiger partial charge < -0.3 is 19.9 Å². The molecule has 0 atom stereocenters. The maximum atomic E-state index is 12.1. The second kappa shape index (κ2) is 6.67. The van der Waals surface area contributed by atoms with Crippen molar-refractivity contribution in [3.05, 3.63) is 24.3 Å². The molecule has 1 saturated heterocycles. The van der Waals surface area contributed by atoms with Crippen LogP contribution in [-0.4, -0.2) is 61.0 Å². The lowest BCUT2D eigenvalue weighted by Crippen LogP contribution is -2.49. The first-order chi connectivity index (χ1) is 9.60. The van der Waals surface area contributed by atoms with E-state index >= 15 is 0 Å². The van der Waals surface area contributed by atoms with Gasteiger partial charge in [-0.1, -0.05) is 12.2 Å². The minimum Gasteiger partial charge on any atom is -0.497 e. The van der Waals surface area contributed by atoms with Gasteiger partial charge in [-0.15, -0.1) is 0 Å². The summed E-state index contributed by atoms with van der Waals surface area (Å²) in [7, 11) is 3.67. The van der Waals surface area contributed by atoms with Crippen LogP contribution >= 0.6 is 12.2 Å². The molecule has 0 aliphatic carbocycles. The molecule has 20 heavy (non-hydrogen) atoms. The number of ether oxygens (including phenoxy) is 1. The van der Waals surface area contributed by atoms with Crippen molar-refractivity contribution in [2.75, 3.05) is 45.7 Å². The van der Waals surface area contributed by atoms with Crippen molar-refractivity contribution >= 4 is 28.8 Å². The Morgan fingerprint density at radius 1 is 1.20 bits per heavy atom. The number of piperazine rings is 1. The van der Waals surface area contributed by atoms with E-state index in [0.717, 1.165) is 31.9 Å². The predicted molar refractivity (Wildman–Crippen MR) is 83.3 cm³/mol. The zero-order valence-electron chi connectivity index (χ0n) is 11.8. The van der Waals surface area contributed by atoms with Crippen LogP contribution in [0.5, 0.6) is 5.75 Å². The molecule has 0 aromatic heterocycles. The van der Waals surface area contributed by atoms with Crippen LogP contribution in [0.4, 0.5) is 5.69 Å². The van der Waals surface area contributed by atoms with Gasteiger partial charge in [-0.3, -0.25) is 4.79 Å². The largest absolute Gasteiger partial charge is 0.497 e. The van der Waals surface area contributed by atoms with Gasteiger partial charge in [0, 0.05) is 31.9 Å². The standard InChI is InChI=1S/C14H19N3O2S/c1-16-7-9-17(10-8-16)14(20)13(18)15-11-3-5-12(19-2)6-4-11/h3-6H,7-10H2,1-2H3,(H,15,18). The summed E-state index contributed by atoms with van der Waals surface area (Å²) in [6.45, 7) is 3.45. The molecule has 1 aliphatic rings. The molecule has 2 rings (SSSR count). The quantitative estimate of drug-likeness (QED) is 0.830. The number of thiocarbonyl (C=S) groups is 1. The normalized spacial score (nSPS) is 15.8. The van der Waals surface area contributed by atoms with Crippen molar-refractivity contribution in [2.24, 2.45) is 0 Å². The molecule has 5 nitrogen and oxygen atoms in total. The summed E-state index contributed by atoms with van der Waals surface area (Å²) in [4.78, 5) is 16.6. The fraction of sp³-hybridized carbons (Fsp3) is 0.429. The van der Waals surface area contributed by atoms with E-state index in [4.69, 9.17) is 17.0 Å². The maximum Gasteiger partial charge on any atom is 0.283 e. The van der Waals surface area contributed by atoms with Gasteiger partial charge in [0.05, 0.1) is 7.11 Å². The Hall–Kier alpha value is -1.66. The molecule has 0 unspecified atom stereocenters. The molecule has 1 aliphatic heterocycles. The molecule has 1 amide bonds. The number of methoxy groups -OCH3 is 1. The molecule has 1 heterocycles. The highest BCUT2D eigenvalue weighted by Gasteiger charge is 2.21. The number of nitrogens with one attached hydrogen (secondary N) is 1. The monoisotopic (exact) mass is 293 g/mol. The number of hydrogen-bond donors (Lipinski definition) is 1. The smallest absolute Gasteiger partial charge is 0.283 e.